The van der Waals surface area contributed by atoms with Crippen LogP contribution in [0.3, 0.4) is 0 Å². The molecule has 1 atom stereocenters. The number of hydrogen-bond acceptors (Lipinski definition) is 2. The Morgan fingerprint density at radius 2 is 2.38 bits per heavy atom. The highest BCUT2D eigenvalue weighted by Crippen LogP contribution is 2.31. The first-order chi connectivity index (χ1) is 7.72. The summed E-state index contributed by atoms with van der Waals surface area (Å²) in [7, 11) is 1.52. The van der Waals surface area contributed by atoms with Crippen molar-refractivity contribution in [1.82, 2.24) is 5.32 Å². The normalized spacial score (nSPS) is 20.1. The van der Waals surface area contributed by atoms with Gasteiger partial charge in [-0.2, -0.15) is 0 Å². The molecule has 1 aliphatic heterocycles. The number of nitrogens with one attached hydrogen (secondary N) is 1. The minimum Gasteiger partial charge on any atom is -0.493 e. The van der Waals surface area contributed by atoms with Gasteiger partial charge in [0.05, 0.1) is 11.6 Å². The number of benzene rings is 1. The van der Waals surface area contributed by atoms with E-state index < -0.39 is 0 Å². The smallest absolute Gasteiger partial charge is 0.179 e. The van der Waals surface area contributed by atoms with E-state index >= 15 is 0 Å². The molecule has 1 aromatic carbocycles. The molecule has 4 heteroatoms. The molecule has 1 N–H and O–H groups in total. The Morgan fingerprint density at radius 3 is 3.00 bits per heavy atom. The molecule has 0 amide bonds. The summed E-state index contributed by atoms with van der Waals surface area (Å²) in [5, 5.41) is 3.31. The van der Waals surface area contributed by atoms with Gasteiger partial charge in [-0.25, -0.2) is 4.39 Å². The second-order valence-electron chi connectivity index (χ2n) is 4.12. The first-order valence-corrected chi connectivity index (χ1v) is 6.23. The molecule has 2 rings (SSSR count). The van der Waals surface area contributed by atoms with Gasteiger partial charge >= 0.3 is 0 Å². The fourth-order valence-corrected chi connectivity index (χ4v) is 2.47. The molecular formula is C12H15BrFNO. The predicted octanol–water partition coefficient (Wildman–Crippen LogP) is 2.75. The number of methoxy groups -OCH3 is 1. The highest BCUT2D eigenvalue weighted by molar-refractivity contribution is 9.10. The monoisotopic (exact) mass is 287 g/mol. The average molecular weight is 288 g/mol. The van der Waals surface area contributed by atoms with Gasteiger partial charge in [0, 0.05) is 0 Å². The maximum absolute atomic E-state index is 13.7. The summed E-state index contributed by atoms with van der Waals surface area (Å²) in [5.41, 5.74) is 0.955. The van der Waals surface area contributed by atoms with Crippen LogP contribution in [0, 0.1) is 11.7 Å². The fourth-order valence-electron chi connectivity index (χ4n) is 2.15. The Bertz CT molecular complexity index is 378. The van der Waals surface area contributed by atoms with Crippen LogP contribution in [-0.4, -0.2) is 20.2 Å². The van der Waals surface area contributed by atoms with Crippen molar-refractivity contribution in [3.8, 4) is 5.75 Å². The lowest BCUT2D eigenvalue weighted by molar-refractivity contribution is 0.376. The summed E-state index contributed by atoms with van der Waals surface area (Å²) in [4.78, 5) is 0. The van der Waals surface area contributed by atoms with Crippen LogP contribution in [0.5, 0.6) is 5.75 Å². The van der Waals surface area contributed by atoms with Crippen molar-refractivity contribution >= 4 is 15.9 Å². The highest BCUT2D eigenvalue weighted by Gasteiger charge is 2.19. The molecule has 1 fully saturated rings. The maximum Gasteiger partial charge on any atom is 0.179 e. The third-order valence-electron chi connectivity index (χ3n) is 3.01. The van der Waals surface area contributed by atoms with Crippen molar-refractivity contribution in [3.05, 3.63) is 28.0 Å². The zero-order chi connectivity index (χ0) is 11.5. The van der Waals surface area contributed by atoms with E-state index in [1.165, 1.54) is 7.11 Å². The summed E-state index contributed by atoms with van der Waals surface area (Å²) in [6.07, 6.45) is 2.03. The fraction of sp³-hybridized carbons (Fsp3) is 0.500. The van der Waals surface area contributed by atoms with Crippen LogP contribution in [0.2, 0.25) is 0 Å². The number of rotatable bonds is 3. The van der Waals surface area contributed by atoms with Gasteiger partial charge in [0.15, 0.2) is 11.6 Å². The summed E-state index contributed by atoms with van der Waals surface area (Å²) in [5.74, 6) is 0.668. The van der Waals surface area contributed by atoms with E-state index in [9.17, 15) is 4.39 Å². The Labute approximate surface area is 103 Å². The number of hydrogen-bond donors (Lipinski definition) is 1. The molecule has 0 radical (unpaired) electrons. The largest absolute Gasteiger partial charge is 0.493 e. The molecule has 1 heterocycles. The van der Waals surface area contributed by atoms with Crippen LogP contribution in [0.25, 0.3) is 0 Å². The molecule has 1 saturated heterocycles. The Morgan fingerprint density at radius 1 is 1.56 bits per heavy atom. The molecule has 0 bridgehead atoms. The van der Waals surface area contributed by atoms with Gasteiger partial charge in [0.2, 0.25) is 0 Å². The number of ether oxygens (including phenoxy) is 1. The quantitative estimate of drug-likeness (QED) is 0.923. The number of halogens is 2. The van der Waals surface area contributed by atoms with E-state index in [0.29, 0.717) is 16.1 Å². The molecule has 0 aromatic heterocycles. The van der Waals surface area contributed by atoms with Gasteiger partial charge in [-0.1, -0.05) is 6.07 Å². The minimum atomic E-state index is -0.300. The van der Waals surface area contributed by atoms with Crippen LogP contribution in [-0.2, 0) is 6.42 Å². The average Bonchev–Trinajstić information content (AvgIpc) is 2.77. The van der Waals surface area contributed by atoms with E-state index in [1.807, 2.05) is 6.07 Å². The van der Waals surface area contributed by atoms with Crippen LogP contribution < -0.4 is 10.1 Å². The zero-order valence-corrected chi connectivity index (χ0v) is 10.8. The SMILES string of the molecule is COc1c(CC2CCNC2)ccc(Br)c1F. The molecular weight excluding hydrogens is 273 g/mol. The van der Waals surface area contributed by atoms with Gasteiger partial charge in [-0.3, -0.25) is 0 Å². The molecule has 88 valence electrons. The lowest BCUT2D eigenvalue weighted by atomic mass is 9.98. The van der Waals surface area contributed by atoms with Crippen LogP contribution >= 0.6 is 15.9 Å². The van der Waals surface area contributed by atoms with Crippen molar-refractivity contribution < 1.29 is 9.13 Å². The van der Waals surface area contributed by atoms with Crippen molar-refractivity contribution in [2.24, 2.45) is 5.92 Å². The Hall–Kier alpha value is -0.610. The zero-order valence-electron chi connectivity index (χ0n) is 9.22. The van der Waals surface area contributed by atoms with Gasteiger partial charge in [0.1, 0.15) is 0 Å². The molecule has 16 heavy (non-hydrogen) atoms. The van der Waals surface area contributed by atoms with Gasteiger partial charge < -0.3 is 10.1 Å². The maximum atomic E-state index is 13.7. The standard InChI is InChI=1S/C12H15BrFNO/c1-16-12-9(2-3-10(13)11(12)14)6-8-4-5-15-7-8/h2-3,8,15H,4-7H2,1H3. The topological polar surface area (TPSA) is 21.3 Å². The summed E-state index contributed by atoms with van der Waals surface area (Å²) in [6, 6.07) is 3.68. The lowest BCUT2D eigenvalue weighted by Crippen LogP contribution is -2.11. The van der Waals surface area contributed by atoms with E-state index in [2.05, 4.69) is 21.2 Å². The second kappa shape index (κ2) is 5.15. The molecule has 1 aliphatic rings. The molecule has 1 unspecified atom stereocenters. The Balaban J connectivity index is 2.22. The van der Waals surface area contributed by atoms with Crippen molar-refractivity contribution in [1.29, 1.82) is 0 Å². The third kappa shape index (κ3) is 2.38. The van der Waals surface area contributed by atoms with E-state index in [0.717, 1.165) is 31.5 Å². The summed E-state index contributed by atoms with van der Waals surface area (Å²) >= 11 is 3.17. The van der Waals surface area contributed by atoms with Crippen molar-refractivity contribution in [3.63, 3.8) is 0 Å². The van der Waals surface area contributed by atoms with E-state index in [1.54, 1.807) is 6.07 Å². The van der Waals surface area contributed by atoms with Crippen molar-refractivity contribution in [2.45, 2.75) is 12.8 Å². The molecule has 0 saturated carbocycles. The predicted molar refractivity (Wildman–Crippen MR) is 65.3 cm³/mol. The Kier molecular flexibility index (Phi) is 3.82. The van der Waals surface area contributed by atoms with E-state index in [-0.39, 0.29) is 5.82 Å². The van der Waals surface area contributed by atoms with Gasteiger partial charge in [-0.05, 0) is 59.4 Å². The first kappa shape index (κ1) is 11.9. The molecule has 2 nitrogen and oxygen atoms in total. The van der Waals surface area contributed by atoms with Gasteiger partial charge in [0.25, 0.3) is 0 Å². The summed E-state index contributed by atoms with van der Waals surface area (Å²) in [6.45, 7) is 2.08. The van der Waals surface area contributed by atoms with Gasteiger partial charge in [-0.15, -0.1) is 0 Å². The van der Waals surface area contributed by atoms with Crippen LogP contribution in [0.1, 0.15) is 12.0 Å². The van der Waals surface area contributed by atoms with Crippen LogP contribution in [0.15, 0.2) is 16.6 Å². The molecule has 0 aliphatic carbocycles. The van der Waals surface area contributed by atoms with Crippen LogP contribution in [0.4, 0.5) is 4.39 Å². The minimum absolute atomic E-state index is 0.300. The summed E-state index contributed by atoms with van der Waals surface area (Å²) < 4.78 is 19.3. The third-order valence-corrected chi connectivity index (χ3v) is 3.62. The lowest BCUT2D eigenvalue weighted by Gasteiger charge is -2.13. The van der Waals surface area contributed by atoms with E-state index in [4.69, 9.17) is 4.74 Å². The second-order valence-corrected chi connectivity index (χ2v) is 4.97. The van der Waals surface area contributed by atoms with Crippen molar-refractivity contribution in [2.75, 3.05) is 20.2 Å². The first-order valence-electron chi connectivity index (χ1n) is 5.44. The highest BCUT2D eigenvalue weighted by atomic mass is 79.9. The molecule has 0 spiro atoms. The molecule has 1 aromatic rings.